The summed E-state index contributed by atoms with van der Waals surface area (Å²) in [6.07, 6.45) is 3.03. The Morgan fingerprint density at radius 2 is 1.64 bits per heavy atom. The maximum atomic E-state index is 12.3. The number of nitrogens with one attached hydrogen (secondary N) is 2. The minimum Gasteiger partial charge on any atom is -0.348 e. The summed E-state index contributed by atoms with van der Waals surface area (Å²) in [6.45, 7) is 2.03. The number of hydrogen-bond acceptors (Lipinski definition) is 4. The first-order valence-electron chi connectivity index (χ1n) is 7.83. The third kappa shape index (κ3) is 4.42. The first kappa shape index (κ1) is 17.1. The summed E-state index contributed by atoms with van der Waals surface area (Å²) in [5.74, 6) is 0.225. The summed E-state index contributed by atoms with van der Waals surface area (Å²) in [7, 11) is 0. The molecule has 0 aliphatic rings. The van der Waals surface area contributed by atoms with E-state index in [1.54, 1.807) is 0 Å². The average Bonchev–Trinajstić information content (AvgIpc) is 2.65. The lowest BCUT2D eigenvalue weighted by Crippen LogP contribution is -2.14. The molecule has 1 unspecified atom stereocenters. The van der Waals surface area contributed by atoms with Crippen LogP contribution in [0.4, 0.5) is 11.6 Å². The van der Waals surface area contributed by atoms with Gasteiger partial charge in [0.15, 0.2) is 0 Å². The molecule has 2 aromatic carbocycles. The molecular formula is C19H17BrN4O. The lowest BCUT2D eigenvalue weighted by molar-refractivity contribution is 0.102. The van der Waals surface area contributed by atoms with Gasteiger partial charge in [-0.15, -0.1) is 0 Å². The highest BCUT2D eigenvalue weighted by Crippen LogP contribution is 2.22. The number of para-hydroxylation sites is 1. The van der Waals surface area contributed by atoms with Gasteiger partial charge in [0, 0.05) is 16.9 Å². The maximum absolute atomic E-state index is 12.3. The van der Waals surface area contributed by atoms with Gasteiger partial charge >= 0.3 is 0 Å². The maximum Gasteiger partial charge on any atom is 0.258 e. The van der Waals surface area contributed by atoms with Gasteiger partial charge in [-0.1, -0.05) is 42.5 Å². The van der Waals surface area contributed by atoms with E-state index in [0.717, 1.165) is 10.0 Å². The molecule has 25 heavy (non-hydrogen) atoms. The van der Waals surface area contributed by atoms with Crippen molar-refractivity contribution in [3.63, 3.8) is 0 Å². The number of hydrogen-bond donors (Lipinski definition) is 2. The second-order valence-electron chi connectivity index (χ2n) is 5.51. The molecular weight excluding hydrogens is 380 g/mol. The SMILES string of the molecule is CC(Nc1ncc(C(=O)Nc2ccccc2Br)cn1)c1ccccc1. The number of aromatic nitrogens is 2. The van der Waals surface area contributed by atoms with Crippen LogP contribution in [0.5, 0.6) is 0 Å². The first-order chi connectivity index (χ1) is 12.1. The van der Waals surface area contributed by atoms with E-state index in [1.165, 1.54) is 12.4 Å². The van der Waals surface area contributed by atoms with Crippen LogP contribution in [0.15, 0.2) is 71.5 Å². The predicted molar refractivity (Wildman–Crippen MR) is 103 cm³/mol. The summed E-state index contributed by atoms with van der Waals surface area (Å²) in [6, 6.07) is 17.5. The molecule has 1 amide bonds. The van der Waals surface area contributed by atoms with Gasteiger partial charge in [-0.25, -0.2) is 9.97 Å². The molecule has 0 bridgehead atoms. The lowest BCUT2D eigenvalue weighted by Gasteiger charge is -2.14. The molecule has 0 aliphatic heterocycles. The average molecular weight is 397 g/mol. The Balaban J connectivity index is 1.66. The number of nitrogens with zero attached hydrogens (tertiary/aromatic N) is 2. The molecule has 1 atom stereocenters. The van der Waals surface area contributed by atoms with Gasteiger partial charge in [0.05, 0.1) is 17.3 Å². The fourth-order valence-electron chi connectivity index (χ4n) is 2.30. The molecule has 3 rings (SSSR count). The van der Waals surface area contributed by atoms with Crippen molar-refractivity contribution in [1.82, 2.24) is 9.97 Å². The molecule has 0 aliphatic carbocycles. The third-order valence-electron chi connectivity index (χ3n) is 3.68. The van der Waals surface area contributed by atoms with Crippen LogP contribution in [0.3, 0.4) is 0 Å². The number of rotatable bonds is 5. The number of anilines is 2. The zero-order valence-electron chi connectivity index (χ0n) is 13.6. The van der Waals surface area contributed by atoms with Crippen molar-refractivity contribution in [1.29, 1.82) is 0 Å². The Labute approximate surface area is 154 Å². The Bertz CT molecular complexity index is 853. The Hall–Kier alpha value is -2.73. The van der Waals surface area contributed by atoms with E-state index >= 15 is 0 Å². The van der Waals surface area contributed by atoms with Crippen molar-refractivity contribution in [2.45, 2.75) is 13.0 Å². The highest BCUT2D eigenvalue weighted by Gasteiger charge is 2.11. The molecule has 126 valence electrons. The highest BCUT2D eigenvalue weighted by molar-refractivity contribution is 9.10. The highest BCUT2D eigenvalue weighted by atomic mass is 79.9. The van der Waals surface area contributed by atoms with Crippen molar-refractivity contribution in [3.05, 3.63) is 82.6 Å². The van der Waals surface area contributed by atoms with E-state index in [9.17, 15) is 4.79 Å². The summed E-state index contributed by atoms with van der Waals surface area (Å²) < 4.78 is 0.819. The molecule has 0 fully saturated rings. The van der Waals surface area contributed by atoms with Gasteiger partial charge in [-0.2, -0.15) is 0 Å². The van der Waals surface area contributed by atoms with Gasteiger partial charge in [0.25, 0.3) is 5.91 Å². The monoisotopic (exact) mass is 396 g/mol. The second kappa shape index (κ2) is 7.90. The molecule has 1 heterocycles. The standard InChI is InChI=1S/C19H17BrN4O/c1-13(14-7-3-2-4-8-14)23-19-21-11-15(12-22-19)18(25)24-17-10-6-5-9-16(17)20/h2-13H,1H3,(H,24,25)(H,21,22,23). The van der Waals surface area contributed by atoms with Crippen LogP contribution < -0.4 is 10.6 Å². The fraction of sp³-hybridized carbons (Fsp3) is 0.105. The first-order valence-corrected chi connectivity index (χ1v) is 8.62. The molecule has 0 saturated carbocycles. The number of carbonyl (C=O) groups is 1. The number of amides is 1. The van der Waals surface area contributed by atoms with Crippen molar-refractivity contribution in [2.24, 2.45) is 0 Å². The van der Waals surface area contributed by atoms with Gasteiger partial charge in [-0.3, -0.25) is 4.79 Å². The van der Waals surface area contributed by atoms with E-state index in [1.807, 2.05) is 61.5 Å². The number of halogens is 1. The van der Waals surface area contributed by atoms with Crippen molar-refractivity contribution < 1.29 is 4.79 Å². The van der Waals surface area contributed by atoms with Crippen LogP contribution in [0.1, 0.15) is 28.9 Å². The smallest absolute Gasteiger partial charge is 0.258 e. The summed E-state index contributed by atoms with van der Waals surface area (Å²) in [4.78, 5) is 20.8. The lowest BCUT2D eigenvalue weighted by atomic mass is 10.1. The van der Waals surface area contributed by atoms with E-state index in [2.05, 4.69) is 36.5 Å². The topological polar surface area (TPSA) is 66.9 Å². The summed E-state index contributed by atoms with van der Waals surface area (Å²) in [5, 5.41) is 6.05. The van der Waals surface area contributed by atoms with E-state index in [4.69, 9.17) is 0 Å². The Morgan fingerprint density at radius 1 is 1.00 bits per heavy atom. The van der Waals surface area contributed by atoms with Crippen LogP contribution in [0, 0.1) is 0 Å². The molecule has 1 aromatic heterocycles. The van der Waals surface area contributed by atoms with E-state index in [-0.39, 0.29) is 11.9 Å². The van der Waals surface area contributed by atoms with Crippen LogP contribution >= 0.6 is 15.9 Å². The van der Waals surface area contributed by atoms with Crippen molar-refractivity contribution in [3.8, 4) is 0 Å². The zero-order valence-corrected chi connectivity index (χ0v) is 15.2. The van der Waals surface area contributed by atoms with Crippen molar-refractivity contribution >= 4 is 33.5 Å². The molecule has 3 aromatic rings. The predicted octanol–water partition coefficient (Wildman–Crippen LogP) is 4.66. The van der Waals surface area contributed by atoms with Gasteiger partial charge in [0.2, 0.25) is 5.95 Å². The van der Waals surface area contributed by atoms with Crippen LogP contribution in [-0.2, 0) is 0 Å². The van der Waals surface area contributed by atoms with Gasteiger partial charge in [0.1, 0.15) is 0 Å². The van der Waals surface area contributed by atoms with Gasteiger partial charge in [-0.05, 0) is 40.5 Å². The minimum absolute atomic E-state index is 0.0705. The normalized spacial score (nSPS) is 11.6. The number of carbonyl (C=O) groups excluding carboxylic acids is 1. The van der Waals surface area contributed by atoms with Crippen LogP contribution in [-0.4, -0.2) is 15.9 Å². The Kier molecular flexibility index (Phi) is 5.40. The van der Waals surface area contributed by atoms with E-state index < -0.39 is 0 Å². The molecule has 6 heteroatoms. The van der Waals surface area contributed by atoms with Gasteiger partial charge < -0.3 is 10.6 Å². The molecule has 5 nitrogen and oxygen atoms in total. The third-order valence-corrected chi connectivity index (χ3v) is 4.37. The largest absolute Gasteiger partial charge is 0.348 e. The molecule has 2 N–H and O–H groups in total. The number of benzene rings is 2. The molecule has 0 saturated heterocycles. The fourth-order valence-corrected chi connectivity index (χ4v) is 2.68. The van der Waals surface area contributed by atoms with Crippen LogP contribution in [0.2, 0.25) is 0 Å². The summed E-state index contributed by atoms with van der Waals surface area (Å²) in [5.41, 5.74) is 2.24. The second-order valence-corrected chi connectivity index (χ2v) is 6.36. The molecule has 0 spiro atoms. The zero-order chi connectivity index (χ0) is 17.6. The molecule has 0 radical (unpaired) electrons. The minimum atomic E-state index is -0.255. The quantitative estimate of drug-likeness (QED) is 0.657. The Morgan fingerprint density at radius 3 is 2.32 bits per heavy atom. The summed E-state index contributed by atoms with van der Waals surface area (Å²) >= 11 is 3.40. The van der Waals surface area contributed by atoms with Crippen molar-refractivity contribution in [2.75, 3.05) is 10.6 Å². The van der Waals surface area contributed by atoms with Crippen LogP contribution in [0.25, 0.3) is 0 Å². The van der Waals surface area contributed by atoms with E-state index in [0.29, 0.717) is 17.2 Å².